The molecule has 1 unspecified atom stereocenters. The molecule has 220 valence electrons. The largest absolute Gasteiger partial charge is 0.497 e. The van der Waals surface area contributed by atoms with Gasteiger partial charge in [0.2, 0.25) is 11.8 Å². The van der Waals surface area contributed by atoms with Crippen molar-refractivity contribution < 1.29 is 27.5 Å². The predicted molar refractivity (Wildman–Crippen MR) is 160 cm³/mol. The van der Waals surface area contributed by atoms with Gasteiger partial charge in [-0.25, -0.2) is 8.42 Å². The second-order valence-electron chi connectivity index (χ2n) is 10.8. The molecule has 0 spiro atoms. The van der Waals surface area contributed by atoms with Crippen molar-refractivity contribution in [3.05, 3.63) is 83.9 Å². The zero-order valence-corrected chi connectivity index (χ0v) is 25.5. The average molecular weight is 582 g/mol. The third-order valence-electron chi connectivity index (χ3n) is 6.38. The molecule has 3 rings (SSSR count). The first-order valence-electron chi connectivity index (χ1n) is 13.2. The number of aryl methyl sites for hydroxylation is 1. The van der Waals surface area contributed by atoms with Gasteiger partial charge >= 0.3 is 0 Å². The van der Waals surface area contributed by atoms with Gasteiger partial charge in [0.25, 0.3) is 10.0 Å². The minimum absolute atomic E-state index is 0.0271. The topological polar surface area (TPSA) is 105 Å². The highest BCUT2D eigenvalue weighted by Gasteiger charge is 2.34. The Kier molecular flexibility index (Phi) is 10.0. The van der Waals surface area contributed by atoms with Gasteiger partial charge in [-0.3, -0.25) is 13.9 Å². The first-order chi connectivity index (χ1) is 19.3. The van der Waals surface area contributed by atoms with Crippen LogP contribution >= 0.6 is 0 Å². The number of methoxy groups -OCH3 is 2. The number of rotatable bonds is 11. The summed E-state index contributed by atoms with van der Waals surface area (Å²) >= 11 is 0. The normalized spacial score (nSPS) is 12.3. The van der Waals surface area contributed by atoms with E-state index in [0.29, 0.717) is 5.75 Å². The Morgan fingerprint density at radius 3 is 2.17 bits per heavy atom. The van der Waals surface area contributed by atoms with E-state index in [1.54, 1.807) is 31.2 Å². The van der Waals surface area contributed by atoms with E-state index in [4.69, 9.17) is 9.47 Å². The van der Waals surface area contributed by atoms with Crippen LogP contribution in [0.25, 0.3) is 0 Å². The highest BCUT2D eigenvalue weighted by atomic mass is 32.2. The molecule has 0 aromatic heterocycles. The first kappa shape index (κ1) is 31.5. The molecule has 0 heterocycles. The van der Waals surface area contributed by atoms with Crippen LogP contribution in [0.3, 0.4) is 0 Å². The van der Waals surface area contributed by atoms with E-state index < -0.39 is 34.1 Å². The maximum absolute atomic E-state index is 14.1. The summed E-state index contributed by atoms with van der Waals surface area (Å²) in [6.07, 6.45) is 0. The van der Waals surface area contributed by atoms with Gasteiger partial charge in [-0.1, -0.05) is 42.0 Å². The van der Waals surface area contributed by atoms with Crippen molar-refractivity contribution in [2.45, 2.75) is 57.6 Å². The molecular weight excluding hydrogens is 542 g/mol. The second kappa shape index (κ2) is 13.1. The van der Waals surface area contributed by atoms with Crippen molar-refractivity contribution in [2.24, 2.45) is 0 Å². The van der Waals surface area contributed by atoms with Crippen molar-refractivity contribution >= 4 is 27.5 Å². The SMILES string of the molecule is COc1ccc(S(=O)(=O)N(CC(=O)N(Cc2cccc(C)c2)C(C)C(=O)NC(C)(C)C)c2ccccc2OC)cc1. The van der Waals surface area contributed by atoms with Crippen LogP contribution in [-0.4, -0.2) is 57.5 Å². The van der Waals surface area contributed by atoms with Crippen LogP contribution in [0.15, 0.2) is 77.7 Å². The van der Waals surface area contributed by atoms with Gasteiger partial charge in [0.05, 0.1) is 24.8 Å². The highest BCUT2D eigenvalue weighted by molar-refractivity contribution is 7.92. The van der Waals surface area contributed by atoms with E-state index in [0.717, 1.165) is 15.4 Å². The molecule has 0 fully saturated rings. The number of amides is 2. The number of anilines is 1. The molecule has 3 aromatic carbocycles. The summed E-state index contributed by atoms with van der Waals surface area (Å²) in [6.45, 7) is 8.70. The molecule has 9 nitrogen and oxygen atoms in total. The lowest BCUT2D eigenvalue weighted by Gasteiger charge is -2.33. The van der Waals surface area contributed by atoms with E-state index in [1.807, 2.05) is 52.0 Å². The Labute approximate surface area is 243 Å². The van der Waals surface area contributed by atoms with Gasteiger partial charge in [-0.05, 0) is 76.6 Å². The van der Waals surface area contributed by atoms with Crippen molar-refractivity contribution in [3.8, 4) is 11.5 Å². The molecule has 10 heteroatoms. The molecular formula is C31H39N3O6S. The van der Waals surface area contributed by atoms with Gasteiger partial charge in [-0.2, -0.15) is 0 Å². The third kappa shape index (κ3) is 8.00. The number of carbonyl (C=O) groups is 2. The van der Waals surface area contributed by atoms with Crippen LogP contribution < -0.4 is 19.1 Å². The second-order valence-corrected chi connectivity index (χ2v) is 12.6. The molecule has 41 heavy (non-hydrogen) atoms. The van der Waals surface area contributed by atoms with Gasteiger partial charge in [0.15, 0.2) is 0 Å². The molecule has 0 radical (unpaired) electrons. The minimum atomic E-state index is -4.24. The Bertz CT molecular complexity index is 1470. The van der Waals surface area contributed by atoms with Gasteiger partial charge in [0, 0.05) is 12.1 Å². The van der Waals surface area contributed by atoms with Crippen LogP contribution in [0.2, 0.25) is 0 Å². The highest BCUT2D eigenvalue weighted by Crippen LogP contribution is 2.33. The van der Waals surface area contributed by atoms with Crippen LogP contribution in [0.1, 0.15) is 38.8 Å². The zero-order chi connectivity index (χ0) is 30.4. The zero-order valence-electron chi connectivity index (χ0n) is 24.7. The number of benzene rings is 3. The van der Waals surface area contributed by atoms with Gasteiger partial charge in [0.1, 0.15) is 24.1 Å². The quantitative estimate of drug-likeness (QED) is 0.357. The summed E-state index contributed by atoms with van der Waals surface area (Å²) in [5.41, 5.74) is 1.49. The molecule has 0 aliphatic carbocycles. The van der Waals surface area contributed by atoms with Crippen molar-refractivity contribution in [3.63, 3.8) is 0 Å². The Morgan fingerprint density at radius 1 is 0.927 bits per heavy atom. The van der Waals surface area contributed by atoms with Crippen molar-refractivity contribution in [1.29, 1.82) is 0 Å². The van der Waals surface area contributed by atoms with Gasteiger partial charge in [-0.15, -0.1) is 0 Å². The fourth-order valence-corrected chi connectivity index (χ4v) is 5.71. The lowest BCUT2D eigenvalue weighted by atomic mass is 10.1. The van der Waals surface area contributed by atoms with Gasteiger partial charge < -0.3 is 19.7 Å². The van der Waals surface area contributed by atoms with Crippen LogP contribution in [0, 0.1) is 6.92 Å². The van der Waals surface area contributed by atoms with E-state index >= 15 is 0 Å². The number of sulfonamides is 1. The molecule has 1 N–H and O–H groups in total. The smallest absolute Gasteiger partial charge is 0.264 e. The fourth-order valence-electron chi connectivity index (χ4n) is 4.29. The van der Waals surface area contributed by atoms with Crippen LogP contribution in [0.5, 0.6) is 11.5 Å². The van der Waals surface area contributed by atoms with Crippen LogP contribution in [0.4, 0.5) is 5.69 Å². The molecule has 2 amide bonds. The molecule has 0 aliphatic rings. The number of nitrogens with one attached hydrogen (secondary N) is 1. The van der Waals surface area contributed by atoms with Crippen LogP contribution in [-0.2, 0) is 26.2 Å². The third-order valence-corrected chi connectivity index (χ3v) is 8.16. The lowest BCUT2D eigenvalue weighted by molar-refractivity contribution is -0.140. The summed E-state index contributed by atoms with van der Waals surface area (Å²) in [5, 5.41) is 2.93. The predicted octanol–water partition coefficient (Wildman–Crippen LogP) is 4.54. The van der Waals surface area contributed by atoms with E-state index in [9.17, 15) is 18.0 Å². The van der Waals surface area contributed by atoms with E-state index in [2.05, 4.69) is 5.32 Å². The summed E-state index contributed by atoms with van der Waals surface area (Å²) in [4.78, 5) is 28.7. The lowest BCUT2D eigenvalue weighted by Crippen LogP contribution is -2.54. The molecule has 0 bridgehead atoms. The number of nitrogens with zero attached hydrogens (tertiary/aromatic N) is 2. The summed E-state index contributed by atoms with van der Waals surface area (Å²) in [7, 11) is -1.32. The minimum Gasteiger partial charge on any atom is -0.497 e. The van der Waals surface area contributed by atoms with Crippen molar-refractivity contribution in [1.82, 2.24) is 10.2 Å². The molecule has 3 aromatic rings. The molecule has 0 aliphatic heterocycles. The molecule has 0 saturated carbocycles. The summed E-state index contributed by atoms with van der Waals surface area (Å²) in [6, 6.07) is 19.2. The summed E-state index contributed by atoms with van der Waals surface area (Å²) < 4.78 is 39.7. The van der Waals surface area contributed by atoms with E-state index in [1.165, 1.54) is 43.4 Å². The number of para-hydroxylation sites is 2. The molecule has 1 atom stereocenters. The Morgan fingerprint density at radius 2 is 1.59 bits per heavy atom. The monoisotopic (exact) mass is 581 g/mol. The van der Waals surface area contributed by atoms with Crippen molar-refractivity contribution in [2.75, 3.05) is 25.1 Å². The fraction of sp³-hybridized carbons (Fsp3) is 0.355. The summed E-state index contributed by atoms with van der Waals surface area (Å²) in [5.74, 6) is -0.126. The first-order valence-corrected chi connectivity index (χ1v) is 14.7. The number of hydrogen-bond donors (Lipinski definition) is 1. The average Bonchev–Trinajstić information content (AvgIpc) is 2.93. The number of ether oxygens (including phenoxy) is 2. The molecule has 0 saturated heterocycles. The number of hydrogen-bond acceptors (Lipinski definition) is 6. The number of carbonyl (C=O) groups excluding carboxylic acids is 2. The Balaban J connectivity index is 2.08. The van der Waals surface area contributed by atoms with E-state index in [-0.39, 0.29) is 28.8 Å². The maximum Gasteiger partial charge on any atom is 0.264 e. The maximum atomic E-state index is 14.1. The Hall–Kier alpha value is -4.05. The standard InChI is InChI=1S/C31H39N3O6S/c1-22-11-10-12-24(19-22)20-33(23(2)30(36)32-31(3,4)5)29(35)21-34(27-13-8-9-14-28(27)40-7)41(37,38)26-17-15-25(39-6)16-18-26/h8-19,23H,20-21H2,1-7H3,(H,32,36).